The number of rotatable bonds is 4. The first-order valence-electron chi connectivity index (χ1n) is 9.08. The van der Waals surface area contributed by atoms with E-state index in [0.717, 1.165) is 48.7 Å². The summed E-state index contributed by atoms with van der Waals surface area (Å²) in [5.74, 6) is 0.449. The largest absolute Gasteiger partial charge is 0.464 e. The molecule has 7 heteroatoms. The van der Waals surface area contributed by atoms with E-state index in [9.17, 15) is 4.79 Å². The SMILES string of the molecule is COC(=O)c1cc(N2CCCC2)n2nc(-c3ccc(N(C)C)cc3)cc2n1. The van der Waals surface area contributed by atoms with Crippen molar-refractivity contribution < 1.29 is 9.53 Å². The van der Waals surface area contributed by atoms with Crippen molar-refractivity contribution in [3.05, 3.63) is 42.1 Å². The summed E-state index contributed by atoms with van der Waals surface area (Å²) in [7, 11) is 5.40. The van der Waals surface area contributed by atoms with Crippen molar-refractivity contribution in [1.29, 1.82) is 0 Å². The van der Waals surface area contributed by atoms with Gasteiger partial charge in [0.2, 0.25) is 0 Å². The average molecular weight is 365 g/mol. The number of ether oxygens (including phenoxy) is 1. The van der Waals surface area contributed by atoms with Gasteiger partial charge in [-0.3, -0.25) is 0 Å². The van der Waals surface area contributed by atoms with Crippen LogP contribution in [0.2, 0.25) is 0 Å². The van der Waals surface area contributed by atoms with E-state index in [4.69, 9.17) is 9.84 Å². The highest BCUT2D eigenvalue weighted by Crippen LogP contribution is 2.27. The lowest BCUT2D eigenvalue weighted by Gasteiger charge is -2.18. The molecule has 1 aromatic carbocycles. The number of nitrogens with zero attached hydrogens (tertiary/aromatic N) is 5. The van der Waals surface area contributed by atoms with Crippen molar-refractivity contribution in [3.8, 4) is 11.3 Å². The first kappa shape index (κ1) is 17.3. The molecule has 0 saturated carbocycles. The molecule has 27 heavy (non-hydrogen) atoms. The second-order valence-electron chi connectivity index (χ2n) is 6.93. The summed E-state index contributed by atoms with van der Waals surface area (Å²) in [6.45, 7) is 1.90. The standard InChI is InChI=1S/C20H23N5O2/c1-23(2)15-8-6-14(7-9-15)16-12-18-21-17(20(26)27-3)13-19(25(18)22-16)24-10-4-5-11-24/h6-9,12-13H,4-5,10-11H2,1-3H3. The van der Waals surface area contributed by atoms with Crippen molar-refractivity contribution in [2.24, 2.45) is 0 Å². The highest BCUT2D eigenvalue weighted by molar-refractivity contribution is 5.89. The Bertz CT molecular complexity index is 972. The third kappa shape index (κ3) is 3.20. The molecule has 3 aromatic rings. The van der Waals surface area contributed by atoms with E-state index in [0.29, 0.717) is 11.3 Å². The fraction of sp³-hybridized carbons (Fsp3) is 0.350. The number of fused-ring (bicyclic) bond motifs is 1. The Morgan fingerprint density at radius 3 is 2.44 bits per heavy atom. The predicted molar refractivity (Wildman–Crippen MR) is 106 cm³/mol. The molecule has 140 valence electrons. The summed E-state index contributed by atoms with van der Waals surface area (Å²) in [5.41, 5.74) is 3.92. The van der Waals surface area contributed by atoms with E-state index in [1.807, 2.05) is 36.8 Å². The topological polar surface area (TPSA) is 63.0 Å². The molecule has 4 rings (SSSR count). The highest BCUT2D eigenvalue weighted by Gasteiger charge is 2.21. The lowest BCUT2D eigenvalue weighted by molar-refractivity contribution is 0.0594. The Kier molecular flexibility index (Phi) is 4.43. The third-order valence-corrected chi connectivity index (χ3v) is 4.91. The first-order valence-corrected chi connectivity index (χ1v) is 9.08. The van der Waals surface area contributed by atoms with Crippen LogP contribution in [0.15, 0.2) is 36.4 Å². The van der Waals surface area contributed by atoms with Crippen molar-refractivity contribution in [2.45, 2.75) is 12.8 Å². The van der Waals surface area contributed by atoms with Gasteiger partial charge in [0.05, 0.1) is 12.8 Å². The number of carbonyl (C=O) groups is 1. The van der Waals surface area contributed by atoms with Crippen molar-refractivity contribution >= 4 is 23.1 Å². The van der Waals surface area contributed by atoms with Crippen molar-refractivity contribution in [1.82, 2.24) is 14.6 Å². The van der Waals surface area contributed by atoms with E-state index in [1.54, 1.807) is 6.07 Å². The Hall–Kier alpha value is -3.09. The zero-order valence-corrected chi connectivity index (χ0v) is 15.8. The summed E-state index contributed by atoms with van der Waals surface area (Å²) in [6.07, 6.45) is 2.27. The van der Waals surface area contributed by atoms with Gasteiger partial charge in [-0.2, -0.15) is 9.61 Å². The number of aromatic nitrogens is 3. The normalized spacial score (nSPS) is 14.0. The van der Waals surface area contributed by atoms with Gasteiger partial charge in [0.15, 0.2) is 11.3 Å². The summed E-state index contributed by atoms with van der Waals surface area (Å²) in [4.78, 5) is 20.8. The van der Waals surface area contributed by atoms with Gasteiger partial charge in [0.25, 0.3) is 0 Å². The van der Waals surface area contributed by atoms with Gasteiger partial charge >= 0.3 is 5.97 Å². The highest BCUT2D eigenvalue weighted by atomic mass is 16.5. The molecule has 3 heterocycles. The number of hydrogen-bond acceptors (Lipinski definition) is 6. The lowest BCUT2D eigenvalue weighted by Crippen LogP contribution is -2.22. The molecule has 1 fully saturated rings. The van der Waals surface area contributed by atoms with E-state index in [2.05, 4.69) is 26.9 Å². The van der Waals surface area contributed by atoms with E-state index in [-0.39, 0.29) is 0 Å². The first-order chi connectivity index (χ1) is 13.1. The van der Waals surface area contributed by atoms with Gasteiger partial charge in [-0.15, -0.1) is 0 Å². The molecule has 0 spiro atoms. The van der Waals surface area contributed by atoms with Gasteiger partial charge < -0.3 is 14.5 Å². The molecule has 7 nitrogen and oxygen atoms in total. The summed E-state index contributed by atoms with van der Waals surface area (Å²) in [6, 6.07) is 11.9. The Morgan fingerprint density at radius 2 is 1.81 bits per heavy atom. The van der Waals surface area contributed by atoms with Crippen molar-refractivity contribution in [2.75, 3.05) is 44.1 Å². The molecule has 0 bridgehead atoms. The monoisotopic (exact) mass is 365 g/mol. The fourth-order valence-electron chi connectivity index (χ4n) is 3.41. The Labute approximate surface area is 158 Å². The van der Waals surface area contributed by atoms with Crippen LogP contribution < -0.4 is 9.80 Å². The van der Waals surface area contributed by atoms with Crippen LogP contribution in [-0.2, 0) is 4.74 Å². The quantitative estimate of drug-likeness (QED) is 0.663. The molecule has 0 radical (unpaired) electrons. The van der Waals surface area contributed by atoms with Crippen LogP contribution in [0.1, 0.15) is 23.3 Å². The van der Waals surface area contributed by atoms with Crippen LogP contribution in [0.25, 0.3) is 16.9 Å². The van der Waals surface area contributed by atoms with E-state index in [1.165, 1.54) is 7.11 Å². The van der Waals surface area contributed by atoms with Gasteiger partial charge in [-0.25, -0.2) is 9.78 Å². The zero-order valence-electron chi connectivity index (χ0n) is 15.8. The molecule has 1 saturated heterocycles. The predicted octanol–water partition coefficient (Wildman–Crippen LogP) is 2.85. The molecule has 2 aromatic heterocycles. The molecule has 1 aliphatic heterocycles. The maximum atomic E-state index is 12.1. The molecular formula is C20H23N5O2. The van der Waals surface area contributed by atoms with Gasteiger partial charge in [-0.1, -0.05) is 12.1 Å². The van der Waals surface area contributed by atoms with Crippen LogP contribution in [0, 0.1) is 0 Å². The molecule has 0 aliphatic carbocycles. The molecule has 0 N–H and O–H groups in total. The van der Waals surface area contributed by atoms with Gasteiger partial charge in [0.1, 0.15) is 5.82 Å². The maximum absolute atomic E-state index is 12.1. The summed E-state index contributed by atoms with van der Waals surface area (Å²) >= 11 is 0. The number of carbonyl (C=O) groups excluding carboxylic acids is 1. The van der Waals surface area contributed by atoms with E-state index >= 15 is 0 Å². The maximum Gasteiger partial charge on any atom is 0.356 e. The Morgan fingerprint density at radius 1 is 1.11 bits per heavy atom. The van der Waals surface area contributed by atoms with Crippen LogP contribution in [0.5, 0.6) is 0 Å². The molecule has 0 unspecified atom stereocenters. The molecule has 0 atom stereocenters. The summed E-state index contributed by atoms with van der Waals surface area (Å²) < 4.78 is 6.70. The number of methoxy groups -OCH3 is 1. The van der Waals surface area contributed by atoms with E-state index < -0.39 is 5.97 Å². The Balaban J connectivity index is 1.82. The smallest absolute Gasteiger partial charge is 0.356 e. The molecule has 0 amide bonds. The molecule has 1 aliphatic rings. The van der Waals surface area contributed by atoms with Crippen molar-refractivity contribution in [3.63, 3.8) is 0 Å². The minimum Gasteiger partial charge on any atom is -0.464 e. The number of anilines is 2. The van der Waals surface area contributed by atoms with Crippen LogP contribution in [0.4, 0.5) is 11.5 Å². The average Bonchev–Trinajstić information content (AvgIpc) is 3.36. The van der Waals surface area contributed by atoms with Crippen LogP contribution in [0.3, 0.4) is 0 Å². The van der Waals surface area contributed by atoms with Gasteiger partial charge in [-0.05, 0) is 25.0 Å². The zero-order chi connectivity index (χ0) is 19.0. The number of benzene rings is 1. The molecular weight excluding hydrogens is 342 g/mol. The number of hydrogen-bond donors (Lipinski definition) is 0. The number of esters is 1. The summed E-state index contributed by atoms with van der Waals surface area (Å²) in [5, 5.41) is 4.78. The minimum atomic E-state index is -0.434. The minimum absolute atomic E-state index is 0.307. The van der Waals surface area contributed by atoms with Gasteiger partial charge in [0, 0.05) is 50.6 Å². The lowest BCUT2D eigenvalue weighted by atomic mass is 10.1. The fourth-order valence-corrected chi connectivity index (χ4v) is 3.41. The van der Waals surface area contributed by atoms with Crippen LogP contribution >= 0.6 is 0 Å². The third-order valence-electron chi connectivity index (χ3n) is 4.91. The second kappa shape index (κ2) is 6.90. The second-order valence-corrected chi connectivity index (χ2v) is 6.93. The van der Waals surface area contributed by atoms with Crippen LogP contribution in [-0.4, -0.2) is 54.9 Å².